The average Bonchev–Trinajstić information content (AvgIpc) is 3.21. The minimum Gasteiger partial charge on any atom is -0.460 e. The first kappa shape index (κ1) is 26.5. The van der Waals surface area contributed by atoms with Crippen LogP contribution in [0.2, 0.25) is 6.32 Å². The van der Waals surface area contributed by atoms with Gasteiger partial charge in [-0.1, -0.05) is 41.9 Å². The van der Waals surface area contributed by atoms with Crippen LogP contribution in [0.3, 0.4) is 0 Å². The van der Waals surface area contributed by atoms with Gasteiger partial charge in [-0.3, -0.25) is 4.79 Å². The fraction of sp³-hybridized carbons (Fsp3) is 0.667. The molecule has 0 saturated carbocycles. The van der Waals surface area contributed by atoms with Gasteiger partial charge in [0.25, 0.3) is 10.2 Å². The Morgan fingerprint density at radius 2 is 1.88 bits per heavy atom. The van der Waals surface area contributed by atoms with Crippen molar-refractivity contribution in [2.45, 2.75) is 70.2 Å². The number of nitrogens with two attached hydrogens (primary N) is 1. The van der Waals surface area contributed by atoms with Gasteiger partial charge in [0, 0.05) is 18.0 Å². The van der Waals surface area contributed by atoms with Crippen LogP contribution in [-0.4, -0.2) is 55.6 Å². The Bertz CT molecular complexity index is 1030. The van der Waals surface area contributed by atoms with E-state index in [0.29, 0.717) is 19.2 Å². The van der Waals surface area contributed by atoms with Gasteiger partial charge in [0.05, 0.1) is 11.2 Å². The summed E-state index contributed by atoms with van der Waals surface area (Å²) in [5.74, 6) is -1.40. The van der Waals surface area contributed by atoms with Crippen molar-refractivity contribution in [1.82, 2.24) is 4.31 Å². The maximum atomic E-state index is 13.2. The van der Waals surface area contributed by atoms with Gasteiger partial charge in [0.1, 0.15) is 6.61 Å². The van der Waals surface area contributed by atoms with E-state index in [2.05, 4.69) is 10.0 Å². The topological polar surface area (TPSA) is 157 Å². The van der Waals surface area contributed by atoms with Crippen LogP contribution < -0.4 is 5.14 Å². The second-order valence-corrected chi connectivity index (χ2v) is 11.4. The van der Waals surface area contributed by atoms with Crippen molar-refractivity contribution in [3.63, 3.8) is 0 Å². The van der Waals surface area contributed by atoms with E-state index in [1.54, 1.807) is 12.1 Å². The number of carbonyl (C=O) groups excluding carboxylic acids is 1. The van der Waals surface area contributed by atoms with Crippen LogP contribution in [0.15, 0.2) is 35.4 Å². The zero-order valence-electron chi connectivity index (χ0n) is 20.0. The van der Waals surface area contributed by atoms with E-state index in [9.17, 15) is 18.7 Å². The summed E-state index contributed by atoms with van der Waals surface area (Å²) < 4.78 is 42.6. The van der Waals surface area contributed by atoms with Crippen LogP contribution in [0.5, 0.6) is 0 Å². The van der Waals surface area contributed by atoms with E-state index in [0.717, 1.165) is 9.87 Å². The maximum Gasteiger partial charge on any atom is 0.457 e. The van der Waals surface area contributed by atoms with E-state index >= 15 is 0 Å². The molecular weight excluding hydrogens is 461 g/mol. The highest BCUT2D eigenvalue weighted by molar-refractivity contribution is 7.86. The molecule has 2 heterocycles. The molecule has 1 aromatic rings. The predicted octanol–water partition coefficient (Wildman–Crippen LogP) is 2.79. The molecule has 2 N–H and O–H groups in total. The monoisotopic (exact) mass is 493 g/mol. The van der Waals surface area contributed by atoms with Crippen LogP contribution in [0.4, 0.5) is 0 Å². The first-order valence-electron chi connectivity index (χ1n) is 11.2. The van der Waals surface area contributed by atoms with Crippen molar-refractivity contribution in [1.29, 1.82) is 0 Å². The number of nitrogens with zero attached hydrogens (tertiary/aromatic N) is 4. The molecule has 0 amide bonds. The molecule has 0 aromatic heterocycles. The fourth-order valence-corrected chi connectivity index (χ4v) is 5.07. The number of hydrogen-bond donors (Lipinski definition) is 1. The van der Waals surface area contributed by atoms with Gasteiger partial charge in [-0.15, -0.1) is 0 Å². The summed E-state index contributed by atoms with van der Waals surface area (Å²) in [4.78, 5) is 16.1. The van der Waals surface area contributed by atoms with Crippen LogP contribution in [-0.2, 0) is 35.7 Å². The minimum absolute atomic E-state index is 0.0294. The van der Waals surface area contributed by atoms with Gasteiger partial charge in [-0.05, 0) is 57.4 Å². The summed E-state index contributed by atoms with van der Waals surface area (Å²) in [6, 6.07) is 9.04. The van der Waals surface area contributed by atoms with Gasteiger partial charge in [0.2, 0.25) is 0 Å². The number of azide groups is 1. The molecule has 13 heteroatoms. The van der Waals surface area contributed by atoms with Crippen molar-refractivity contribution in [3.8, 4) is 0 Å². The lowest BCUT2D eigenvalue weighted by Gasteiger charge is -2.32. The molecule has 34 heavy (non-hydrogen) atoms. The van der Waals surface area contributed by atoms with Gasteiger partial charge < -0.3 is 14.0 Å². The molecular formula is C21H32BN5O6S. The third kappa shape index (κ3) is 5.56. The van der Waals surface area contributed by atoms with Gasteiger partial charge >= 0.3 is 13.1 Å². The molecule has 1 aromatic carbocycles. The maximum absolute atomic E-state index is 13.2. The summed E-state index contributed by atoms with van der Waals surface area (Å²) in [6.07, 6.45) is 1.47. The second-order valence-electron chi connectivity index (χ2n) is 9.83. The molecule has 0 bridgehead atoms. The van der Waals surface area contributed by atoms with E-state index in [-0.39, 0.29) is 19.7 Å². The zero-order valence-corrected chi connectivity index (χ0v) is 20.8. The average molecular weight is 493 g/mol. The molecule has 2 aliphatic heterocycles. The smallest absolute Gasteiger partial charge is 0.457 e. The van der Waals surface area contributed by atoms with Crippen molar-refractivity contribution in [2.24, 2.45) is 16.2 Å². The first-order valence-corrected chi connectivity index (χ1v) is 12.7. The summed E-state index contributed by atoms with van der Waals surface area (Å²) >= 11 is 0. The number of rotatable bonds is 9. The predicted molar refractivity (Wildman–Crippen MR) is 126 cm³/mol. The highest BCUT2D eigenvalue weighted by Crippen LogP contribution is 2.40. The highest BCUT2D eigenvalue weighted by Gasteiger charge is 2.55. The number of benzene rings is 1. The van der Waals surface area contributed by atoms with Crippen LogP contribution >= 0.6 is 0 Å². The second kappa shape index (κ2) is 9.84. The third-order valence-corrected chi connectivity index (χ3v) is 7.96. The van der Waals surface area contributed by atoms with E-state index < -0.39 is 46.0 Å². The van der Waals surface area contributed by atoms with Gasteiger partial charge in [0.15, 0.2) is 5.54 Å². The van der Waals surface area contributed by atoms with E-state index in [1.165, 1.54) is 0 Å². The lowest BCUT2D eigenvalue weighted by molar-refractivity contribution is -0.152. The van der Waals surface area contributed by atoms with Gasteiger partial charge in [-0.25, -0.2) is 5.14 Å². The molecule has 0 spiro atoms. The largest absolute Gasteiger partial charge is 0.460 e. The summed E-state index contributed by atoms with van der Waals surface area (Å²) in [7, 11) is -4.53. The Labute approximate surface area is 200 Å². The molecule has 2 fully saturated rings. The van der Waals surface area contributed by atoms with Crippen LogP contribution in [0.1, 0.15) is 46.1 Å². The summed E-state index contributed by atoms with van der Waals surface area (Å²) in [5, 5.41) is 9.14. The Morgan fingerprint density at radius 1 is 1.26 bits per heavy atom. The molecule has 2 saturated heterocycles. The standard InChI is InChI=1S/C21H32BN5O6S/c1-19(2)20(3,4)33-22(32-19)12-8-11-17-13-27(34(24,29)30)15-21(17,25-26-23)18(28)31-14-16-9-6-5-7-10-16/h5-7,9-10,17H,8,11-15H2,1-4H3,(H2,24,29,30). The molecule has 2 atom stereocenters. The number of carbonyl (C=O) groups is 1. The SMILES string of the molecule is CC1(C)OB(CCCC2CN(S(N)(=O)=O)CC2(N=[N+]=[N-])C(=O)OCc2ccccc2)OC1(C)C. The Kier molecular flexibility index (Phi) is 7.66. The lowest BCUT2D eigenvalue weighted by Crippen LogP contribution is -2.46. The molecule has 0 aliphatic carbocycles. The summed E-state index contributed by atoms with van der Waals surface area (Å²) in [5.41, 5.74) is 7.36. The number of hydrogen-bond acceptors (Lipinski definition) is 7. The fourth-order valence-electron chi connectivity index (χ4n) is 4.31. The molecule has 0 radical (unpaired) electrons. The van der Waals surface area contributed by atoms with Crippen molar-refractivity contribution in [2.75, 3.05) is 13.1 Å². The lowest BCUT2D eigenvalue weighted by atomic mass is 9.78. The van der Waals surface area contributed by atoms with Crippen molar-refractivity contribution in [3.05, 3.63) is 46.3 Å². The van der Waals surface area contributed by atoms with Crippen LogP contribution in [0, 0.1) is 5.92 Å². The highest BCUT2D eigenvalue weighted by atomic mass is 32.2. The van der Waals surface area contributed by atoms with Crippen LogP contribution in [0.25, 0.3) is 10.4 Å². The molecule has 3 rings (SSSR count). The van der Waals surface area contributed by atoms with Crippen molar-refractivity contribution < 1.29 is 27.3 Å². The quantitative estimate of drug-likeness (QED) is 0.183. The molecule has 11 nitrogen and oxygen atoms in total. The summed E-state index contributed by atoms with van der Waals surface area (Å²) in [6.45, 7) is 7.39. The number of ether oxygens (including phenoxy) is 1. The molecule has 2 aliphatic rings. The Morgan fingerprint density at radius 3 is 2.44 bits per heavy atom. The Balaban J connectivity index is 1.75. The minimum atomic E-state index is -4.10. The Hall–Kier alpha value is -2.15. The third-order valence-electron chi connectivity index (χ3n) is 6.96. The number of esters is 1. The van der Waals surface area contributed by atoms with Gasteiger partial charge in [-0.2, -0.15) is 12.7 Å². The van der Waals surface area contributed by atoms with Crippen molar-refractivity contribution >= 4 is 23.3 Å². The molecule has 186 valence electrons. The molecule has 2 unspecified atom stereocenters. The van der Waals surface area contributed by atoms with E-state index in [4.69, 9.17) is 19.2 Å². The zero-order chi connectivity index (χ0) is 25.2. The normalized spacial score (nSPS) is 26.3. The van der Waals surface area contributed by atoms with E-state index in [1.807, 2.05) is 45.9 Å². The first-order chi connectivity index (χ1) is 15.8.